The number of rotatable bonds is 5. The van der Waals surface area contributed by atoms with E-state index in [9.17, 15) is 14.7 Å². The van der Waals surface area contributed by atoms with E-state index in [4.69, 9.17) is 9.47 Å². The molecule has 0 saturated carbocycles. The molecular formula is C26H23NO5. The summed E-state index contributed by atoms with van der Waals surface area (Å²) in [5.41, 5.74) is 2.43. The zero-order valence-corrected chi connectivity index (χ0v) is 18.0. The first-order chi connectivity index (χ1) is 15.5. The SMILES string of the molecule is COc1cccc(C2/C(=C(/O)c3ccc(OC)cc3C)C(=O)C(=O)N2c2ccccc2)c1. The van der Waals surface area contributed by atoms with Crippen molar-refractivity contribution in [2.75, 3.05) is 19.1 Å². The summed E-state index contributed by atoms with van der Waals surface area (Å²) in [6.07, 6.45) is 0. The van der Waals surface area contributed by atoms with Crippen molar-refractivity contribution >= 4 is 23.1 Å². The van der Waals surface area contributed by atoms with Gasteiger partial charge in [0, 0.05) is 11.3 Å². The maximum absolute atomic E-state index is 13.2. The minimum Gasteiger partial charge on any atom is -0.507 e. The van der Waals surface area contributed by atoms with Crippen molar-refractivity contribution in [3.05, 3.63) is 95.1 Å². The van der Waals surface area contributed by atoms with Gasteiger partial charge in [0.25, 0.3) is 11.7 Å². The Labute approximate surface area is 186 Å². The molecule has 0 aliphatic carbocycles. The van der Waals surface area contributed by atoms with Gasteiger partial charge in [-0.1, -0.05) is 30.3 Å². The van der Waals surface area contributed by atoms with E-state index in [1.165, 1.54) is 4.90 Å². The van der Waals surface area contributed by atoms with E-state index in [0.717, 1.165) is 5.56 Å². The molecule has 4 rings (SSSR count). The number of methoxy groups -OCH3 is 2. The predicted octanol–water partition coefficient (Wildman–Crippen LogP) is 4.64. The van der Waals surface area contributed by atoms with E-state index in [-0.39, 0.29) is 11.3 Å². The van der Waals surface area contributed by atoms with E-state index in [1.807, 2.05) is 19.1 Å². The van der Waals surface area contributed by atoms with Gasteiger partial charge in [0.2, 0.25) is 0 Å². The van der Waals surface area contributed by atoms with Crippen molar-refractivity contribution in [3.8, 4) is 11.5 Å². The molecule has 0 radical (unpaired) electrons. The Hall–Kier alpha value is -4.06. The Kier molecular flexibility index (Phi) is 5.69. The van der Waals surface area contributed by atoms with Crippen molar-refractivity contribution in [2.24, 2.45) is 0 Å². The summed E-state index contributed by atoms with van der Waals surface area (Å²) < 4.78 is 10.6. The number of benzene rings is 3. The lowest BCUT2D eigenvalue weighted by atomic mass is 9.93. The average Bonchev–Trinajstić information content (AvgIpc) is 3.09. The fourth-order valence-corrected chi connectivity index (χ4v) is 3.99. The fourth-order valence-electron chi connectivity index (χ4n) is 3.99. The number of aryl methyl sites for hydroxylation is 1. The molecule has 0 aromatic heterocycles. The molecule has 1 N–H and O–H groups in total. The average molecular weight is 429 g/mol. The summed E-state index contributed by atoms with van der Waals surface area (Å²) in [4.78, 5) is 27.8. The van der Waals surface area contributed by atoms with Gasteiger partial charge in [-0.05, 0) is 60.5 Å². The van der Waals surface area contributed by atoms with E-state index < -0.39 is 17.7 Å². The maximum atomic E-state index is 13.2. The molecule has 6 heteroatoms. The van der Waals surface area contributed by atoms with Gasteiger partial charge in [-0.15, -0.1) is 0 Å². The Morgan fingerprint density at radius 2 is 1.56 bits per heavy atom. The van der Waals surface area contributed by atoms with Crippen LogP contribution in [0.1, 0.15) is 22.7 Å². The number of carbonyl (C=O) groups excluding carboxylic acids is 2. The number of amides is 1. The van der Waals surface area contributed by atoms with Gasteiger partial charge in [0.05, 0.1) is 25.8 Å². The summed E-state index contributed by atoms with van der Waals surface area (Å²) in [6, 6.07) is 20.4. The normalized spacial score (nSPS) is 17.5. The Balaban J connectivity index is 1.96. The van der Waals surface area contributed by atoms with Crippen LogP contribution in [-0.2, 0) is 9.59 Å². The van der Waals surface area contributed by atoms with Gasteiger partial charge in [-0.25, -0.2) is 0 Å². The number of hydrogen-bond donors (Lipinski definition) is 1. The monoisotopic (exact) mass is 429 g/mol. The van der Waals surface area contributed by atoms with Crippen LogP contribution < -0.4 is 14.4 Å². The third-order valence-electron chi connectivity index (χ3n) is 5.58. The molecule has 1 saturated heterocycles. The molecular weight excluding hydrogens is 406 g/mol. The van der Waals surface area contributed by atoms with Crippen molar-refractivity contribution < 1.29 is 24.2 Å². The predicted molar refractivity (Wildman–Crippen MR) is 122 cm³/mol. The molecule has 3 aromatic carbocycles. The summed E-state index contributed by atoms with van der Waals surface area (Å²) in [5, 5.41) is 11.3. The first kappa shape index (κ1) is 21.2. The van der Waals surface area contributed by atoms with Crippen LogP contribution in [0.2, 0.25) is 0 Å². The highest BCUT2D eigenvalue weighted by Gasteiger charge is 2.47. The minimum absolute atomic E-state index is 0.0281. The molecule has 1 atom stereocenters. The Bertz CT molecular complexity index is 1220. The minimum atomic E-state index is -0.811. The van der Waals surface area contributed by atoms with E-state index in [1.54, 1.807) is 74.9 Å². The van der Waals surface area contributed by atoms with Gasteiger partial charge in [-0.3, -0.25) is 14.5 Å². The molecule has 1 heterocycles. The highest BCUT2D eigenvalue weighted by molar-refractivity contribution is 6.51. The molecule has 32 heavy (non-hydrogen) atoms. The second-order valence-electron chi connectivity index (χ2n) is 7.46. The Morgan fingerprint density at radius 3 is 2.22 bits per heavy atom. The van der Waals surface area contributed by atoms with Crippen LogP contribution in [0.15, 0.2) is 78.4 Å². The summed E-state index contributed by atoms with van der Waals surface area (Å²) in [5.74, 6) is -0.448. The third kappa shape index (κ3) is 3.60. The number of carbonyl (C=O) groups is 2. The molecule has 162 valence electrons. The number of ether oxygens (including phenoxy) is 2. The molecule has 1 aliphatic heterocycles. The molecule has 1 aliphatic rings. The first-order valence-electron chi connectivity index (χ1n) is 10.1. The number of aliphatic hydroxyl groups is 1. The van der Waals surface area contributed by atoms with Gasteiger partial charge in [0.15, 0.2) is 0 Å². The number of nitrogens with zero attached hydrogens (tertiary/aromatic N) is 1. The lowest BCUT2D eigenvalue weighted by Crippen LogP contribution is -2.29. The Morgan fingerprint density at radius 1 is 0.875 bits per heavy atom. The van der Waals surface area contributed by atoms with Crippen LogP contribution in [-0.4, -0.2) is 31.0 Å². The van der Waals surface area contributed by atoms with Crippen molar-refractivity contribution in [1.82, 2.24) is 0 Å². The second-order valence-corrected chi connectivity index (χ2v) is 7.46. The van der Waals surface area contributed by atoms with Crippen LogP contribution in [0.3, 0.4) is 0 Å². The van der Waals surface area contributed by atoms with Crippen molar-refractivity contribution in [3.63, 3.8) is 0 Å². The zero-order valence-electron chi connectivity index (χ0n) is 18.0. The number of ketones is 1. The molecule has 6 nitrogen and oxygen atoms in total. The highest BCUT2D eigenvalue weighted by atomic mass is 16.5. The van der Waals surface area contributed by atoms with Gasteiger partial charge in [0.1, 0.15) is 17.3 Å². The maximum Gasteiger partial charge on any atom is 0.300 e. The molecule has 1 unspecified atom stereocenters. The number of para-hydroxylation sites is 1. The van der Waals surface area contributed by atoms with E-state index in [0.29, 0.717) is 28.3 Å². The quantitative estimate of drug-likeness (QED) is 0.363. The van der Waals surface area contributed by atoms with Crippen LogP contribution in [0.25, 0.3) is 5.76 Å². The number of anilines is 1. The molecule has 0 spiro atoms. The topological polar surface area (TPSA) is 76.1 Å². The van der Waals surface area contributed by atoms with E-state index >= 15 is 0 Å². The lowest BCUT2D eigenvalue weighted by molar-refractivity contribution is -0.132. The largest absolute Gasteiger partial charge is 0.507 e. The number of Topliss-reactive ketones (excluding diaryl/α,β-unsaturated/α-hetero) is 1. The number of aliphatic hydroxyl groups excluding tert-OH is 1. The third-order valence-corrected chi connectivity index (χ3v) is 5.58. The van der Waals surface area contributed by atoms with Gasteiger partial charge >= 0.3 is 0 Å². The molecule has 3 aromatic rings. The van der Waals surface area contributed by atoms with Crippen LogP contribution in [0.5, 0.6) is 11.5 Å². The van der Waals surface area contributed by atoms with E-state index in [2.05, 4.69) is 0 Å². The van der Waals surface area contributed by atoms with Crippen LogP contribution >= 0.6 is 0 Å². The first-order valence-corrected chi connectivity index (χ1v) is 10.1. The molecule has 1 fully saturated rings. The summed E-state index contributed by atoms with van der Waals surface area (Å²) >= 11 is 0. The summed E-state index contributed by atoms with van der Waals surface area (Å²) in [6.45, 7) is 1.81. The lowest BCUT2D eigenvalue weighted by Gasteiger charge is -2.25. The fraction of sp³-hybridized carbons (Fsp3) is 0.154. The highest BCUT2D eigenvalue weighted by Crippen LogP contribution is 2.43. The van der Waals surface area contributed by atoms with Crippen molar-refractivity contribution in [2.45, 2.75) is 13.0 Å². The molecule has 1 amide bonds. The van der Waals surface area contributed by atoms with Crippen LogP contribution in [0, 0.1) is 6.92 Å². The number of hydrogen-bond acceptors (Lipinski definition) is 5. The zero-order chi connectivity index (χ0) is 22.8. The standard InChI is InChI=1S/C26H23NO5/c1-16-14-20(32-3)12-13-21(16)24(28)22-23(17-8-7-11-19(15-17)31-2)27(26(30)25(22)29)18-9-5-4-6-10-18/h4-15,23,28H,1-3H3/b24-22-. The molecule has 0 bridgehead atoms. The van der Waals surface area contributed by atoms with Crippen molar-refractivity contribution in [1.29, 1.82) is 0 Å². The van der Waals surface area contributed by atoms with Gasteiger partial charge in [-0.2, -0.15) is 0 Å². The second kappa shape index (κ2) is 8.59. The summed E-state index contributed by atoms with van der Waals surface area (Å²) in [7, 11) is 3.11. The van der Waals surface area contributed by atoms with Crippen LogP contribution in [0.4, 0.5) is 5.69 Å². The van der Waals surface area contributed by atoms with Gasteiger partial charge < -0.3 is 14.6 Å². The smallest absolute Gasteiger partial charge is 0.300 e.